The molecule has 0 radical (unpaired) electrons. The Kier molecular flexibility index (Phi) is 3.11. The molecule has 0 aliphatic rings. The predicted octanol–water partition coefficient (Wildman–Crippen LogP) is 2.13. The summed E-state index contributed by atoms with van der Waals surface area (Å²) in [5.41, 5.74) is 6.64. The minimum absolute atomic E-state index is 0.0371. The van der Waals surface area contributed by atoms with Crippen molar-refractivity contribution in [3.8, 4) is 0 Å². The molecule has 6 nitrogen and oxygen atoms in total. The highest BCUT2D eigenvalue weighted by Gasteiger charge is 2.09. The fourth-order valence-corrected chi connectivity index (χ4v) is 2.22. The average Bonchev–Trinajstić information content (AvgIpc) is 2.76. The summed E-state index contributed by atoms with van der Waals surface area (Å²) < 4.78 is 0. The molecule has 8 heteroatoms. The molecule has 1 aromatic carbocycles. The number of nitrogens with zero attached hydrogens (tertiary/aromatic N) is 2. The molecule has 0 bridgehead atoms. The number of halogens is 2. The lowest BCUT2D eigenvalue weighted by molar-refractivity contribution is 1.03. The lowest BCUT2D eigenvalue weighted by Gasteiger charge is -2.00. The molecule has 0 aliphatic heterocycles. The maximum Gasteiger partial charge on any atom is 0.278 e. The van der Waals surface area contributed by atoms with Crippen LogP contribution in [0.3, 0.4) is 0 Å². The van der Waals surface area contributed by atoms with Gasteiger partial charge in [-0.3, -0.25) is 9.78 Å². The van der Waals surface area contributed by atoms with Gasteiger partial charge in [-0.1, -0.05) is 29.3 Å². The predicted molar refractivity (Wildman–Crippen MR) is 78.2 cm³/mol. The highest BCUT2D eigenvalue weighted by molar-refractivity contribution is 6.42. The van der Waals surface area contributed by atoms with Gasteiger partial charge in [0.1, 0.15) is 5.82 Å². The number of hydrogen-bond acceptors (Lipinski definition) is 4. The van der Waals surface area contributed by atoms with Crippen molar-refractivity contribution in [2.24, 2.45) is 0 Å². The SMILES string of the molecule is Nc1nc2nc(Cc3ccc(Cl)c(Cl)c3)[nH]c2c(=O)[nH]1. The van der Waals surface area contributed by atoms with Gasteiger partial charge in [0.05, 0.1) is 10.0 Å². The first-order valence-electron chi connectivity index (χ1n) is 5.71. The van der Waals surface area contributed by atoms with E-state index >= 15 is 0 Å². The third-order valence-electron chi connectivity index (χ3n) is 2.78. The van der Waals surface area contributed by atoms with Gasteiger partial charge in [-0.15, -0.1) is 0 Å². The molecule has 20 heavy (non-hydrogen) atoms. The van der Waals surface area contributed by atoms with Crippen LogP contribution in [0.1, 0.15) is 11.4 Å². The van der Waals surface area contributed by atoms with Crippen LogP contribution in [-0.2, 0) is 6.42 Å². The Morgan fingerprint density at radius 3 is 2.70 bits per heavy atom. The van der Waals surface area contributed by atoms with Crippen LogP contribution in [0.25, 0.3) is 11.2 Å². The zero-order valence-electron chi connectivity index (χ0n) is 10.1. The molecule has 0 saturated heterocycles. The van der Waals surface area contributed by atoms with Crippen LogP contribution in [0.4, 0.5) is 5.95 Å². The molecule has 0 saturated carbocycles. The van der Waals surface area contributed by atoms with Gasteiger partial charge in [0.2, 0.25) is 5.95 Å². The Morgan fingerprint density at radius 2 is 1.95 bits per heavy atom. The summed E-state index contributed by atoms with van der Waals surface area (Å²) in [6.07, 6.45) is 0.479. The average molecular weight is 310 g/mol. The van der Waals surface area contributed by atoms with Crippen molar-refractivity contribution >= 4 is 40.3 Å². The molecule has 0 amide bonds. The number of nitrogen functional groups attached to an aromatic ring is 1. The Hall–Kier alpha value is -2.05. The number of rotatable bonds is 2. The van der Waals surface area contributed by atoms with Crippen LogP contribution in [0.15, 0.2) is 23.0 Å². The molecular formula is C12H9Cl2N5O. The van der Waals surface area contributed by atoms with Crippen LogP contribution in [0.2, 0.25) is 10.0 Å². The topological polar surface area (TPSA) is 100 Å². The van der Waals surface area contributed by atoms with E-state index in [0.29, 0.717) is 33.5 Å². The van der Waals surface area contributed by atoms with Crippen molar-refractivity contribution < 1.29 is 0 Å². The van der Waals surface area contributed by atoms with Crippen LogP contribution < -0.4 is 11.3 Å². The number of hydrogen-bond donors (Lipinski definition) is 3. The molecule has 3 aromatic rings. The van der Waals surface area contributed by atoms with E-state index in [4.69, 9.17) is 28.9 Å². The maximum atomic E-state index is 11.7. The standard InChI is InChI=1S/C12H9Cl2N5O/c13-6-2-1-5(3-7(6)14)4-8-16-9-10(17-8)18-12(15)19-11(9)20/h1-3H,4H2,(H4,15,16,17,18,19,20). The van der Waals surface area contributed by atoms with Gasteiger partial charge in [0.15, 0.2) is 11.2 Å². The van der Waals surface area contributed by atoms with Crippen molar-refractivity contribution in [3.05, 3.63) is 50.0 Å². The number of nitrogens with two attached hydrogens (primary N) is 1. The second kappa shape index (κ2) is 4.81. The summed E-state index contributed by atoms with van der Waals surface area (Å²) in [6, 6.07) is 5.31. The Bertz CT molecular complexity index is 855. The maximum absolute atomic E-state index is 11.7. The third kappa shape index (κ3) is 2.35. The molecule has 2 heterocycles. The second-order valence-corrected chi connectivity index (χ2v) is 5.07. The summed E-state index contributed by atoms with van der Waals surface area (Å²) in [7, 11) is 0. The molecule has 0 spiro atoms. The number of anilines is 1. The normalized spacial score (nSPS) is 11.1. The van der Waals surface area contributed by atoms with E-state index in [1.54, 1.807) is 12.1 Å². The van der Waals surface area contributed by atoms with Crippen molar-refractivity contribution in [3.63, 3.8) is 0 Å². The second-order valence-electron chi connectivity index (χ2n) is 4.26. The first-order valence-corrected chi connectivity index (χ1v) is 6.47. The van der Waals surface area contributed by atoms with Crippen LogP contribution >= 0.6 is 23.2 Å². The van der Waals surface area contributed by atoms with Gasteiger partial charge >= 0.3 is 0 Å². The summed E-state index contributed by atoms with van der Waals surface area (Å²) in [5.74, 6) is 0.636. The Labute approximate surface area is 123 Å². The first-order chi connectivity index (χ1) is 9.52. The fraction of sp³-hybridized carbons (Fsp3) is 0.0833. The van der Waals surface area contributed by atoms with Gasteiger partial charge < -0.3 is 10.7 Å². The van der Waals surface area contributed by atoms with Gasteiger partial charge in [0.25, 0.3) is 5.56 Å². The molecule has 0 unspecified atom stereocenters. The highest BCUT2D eigenvalue weighted by atomic mass is 35.5. The quantitative estimate of drug-likeness (QED) is 0.675. The molecular weight excluding hydrogens is 301 g/mol. The molecule has 0 aliphatic carbocycles. The van der Waals surface area contributed by atoms with E-state index in [9.17, 15) is 4.79 Å². The molecule has 3 rings (SSSR count). The van der Waals surface area contributed by atoms with Crippen molar-refractivity contribution in [2.75, 3.05) is 5.73 Å². The monoisotopic (exact) mass is 309 g/mol. The largest absolute Gasteiger partial charge is 0.369 e. The van der Waals surface area contributed by atoms with Crippen LogP contribution in [-0.4, -0.2) is 19.9 Å². The fourth-order valence-electron chi connectivity index (χ4n) is 1.90. The number of benzene rings is 1. The zero-order chi connectivity index (χ0) is 14.3. The van der Waals surface area contributed by atoms with E-state index < -0.39 is 0 Å². The summed E-state index contributed by atoms with van der Waals surface area (Å²) in [5, 5.41) is 0.964. The number of nitrogens with one attached hydrogen (secondary N) is 2. The molecule has 4 N–H and O–H groups in total. The number of fused-ring (bicyclic) bond motifs is 1. The smallest absolute Gasteiger partial charge is 0.278 e. The van der Waals surface area contributed by atoms with Gasteiger partial charge in [-0.25, -0.2) is 4.98 Å². The van der Waals surface area contributed by atoms with Crippen LogP contribution in [0.5, 0.6) is 0 Å². The summed E-state index contributed by atoms with van der Waals surface area (Å²) >= 11 is 11.8. The van der Waals surface area contributed by atoms with E-state index in [0.717, 1.165) is 5.56 Å². The lowest BCUT2D eigenvalue weighted by atomic mass is 10.1. The minimum atomic E-state index is -0.347. The van der Waals surface area contributed by atoms with Crippen molar-refractivity contribution in [1.82, 2.24) is 19.9 Å². The van der Waals surface area contributed by atoms with E-state index in [2.05, 4.69) is 19.9 Å². The minimum Gasteiger partial charge on any atom is -0.369 e. The van der Waals surface area contributed by atoms with Crippen LogP contribution in [0, 0.1) is 0 Å². The lowest BCUT2D eigenvalue weighted by Crippen LogP contribution is -2.10. The van der Waals surface area contributed by atoms with E-state index in [1.165, 1.54) is 0 Å². The molecule has 102 valence electrons. The molecule has 2 aromatic heterocycles. The van der Waals surface area contributed by atoms with E-state index in [-0.39, 0.29) is 11.5 Å². The number of aromatic nitrogens is 4. The Morgan fingerprint density at radius 1 is 1.15 bits per heavy atom. The number of H-pyrrole nitrogens is 2. The number of imidazole rings is 1. The van der Waals surface area contributed by atoms with E-state index in [1.807, 2.05) is 6.07 Å². The summed E-state index contributed by atoms with van der Waals surface area (Å²) in [4.78, 5) is 25.2. The highest BCUT2D eigenvalue weighted by Crippen LogP contribution is 2.23. The first kappa shape index (κ1) is 13.0. The third-order valence-corrected chi connectivity index (χ3v) is 3.52. The zero-order valence-corrected chi connectivity index (χ0v) is 11.6. The van der Waals surface area contributed by atoms with Crippen molar-refractivity contribution in [2.45, 2.75) is 6.42 Å². The number of aromatic amines is 2. The van der Waals surface area contributed by atoms with Gasteiger partial charge in [-0.2, -0.15) is 4.98 Å². The molecule has 0 atom stereocenters. The van der Waals surface area contributed by atoms with Crippen molar-refractivity contribution in [1.29, 1.82) is 0 Å². The van der Waals surface area contributed by atoms with Gasteiger partial charge in [0, 0.05) is 6.42 Å². The summed E-state index contributed by atoms with van der Waals surface area (Å²) in [6.45, 7) is 0. The van der Waals surface area contributed by atoms with Gasteiger partial charge in [-0.05, 0) is 17.7 Å². The molecule has 0 fully saturated rings. The Balaban J connectivity index is 2.00.